The molecule has 2 N–H and O–H groups in total. The standard InChI is InChI=1S/C19H25NO2/c1-14-7-6-9-18(11-14)22-13-17(21)12-20-16(3)19-10-5-4-8-15(19)2/h4-11,16-17,20-21H,12-13H2,1-3H3/t16-,17-/m1/s1. The number of aliphatic hydroxyl groups is 1. The molecule has 0 spiro atoms. The summed E-state index contributed by atoms with van der Waals surface area (Å²) in [7, 11) is 0. The maximum Gasteiger partial charge on any atom is 0.119 e. The Morgan fingerprint density at radius 3 is 2.59 bits per heavy atom. The van der Waals surface area contributed by atoms with Crippen LogP contribution < -0.4 is 10.1 Å². The Morgan fingerprint density at radius 1 is 1.09 bits per heavy atom. The van der Waals surface area contributed by atoms with Gasteiger partial charge >= 0.3 is 0 Å². The molecule has 3 nitrogen and oxygen atoms in total. The van der Waals surface area contributed by atoms with E-state index in [1.807, 2.05) is 43.3 Å². The van der Waals surface area contributed by atoms with Gasteiger partial charge in [0.05, 0.1) is 0 Å². The van der Waals surface area contributed by atoms with E-state index in [0.29, 0.717) is 6.54 Å². The minimum Gasteiger partial charge on any atom is -0.491 e. The molecule has 2 aromatic carbocycles. The average molecular weight is 299 g/mol. The number of hydrogen-bond acceptors (Lipinski definition) is 3. The second kappa shape index (κ2) is 7.97. The first kappa shape index (κ1) is 16.5. The van der Waals surface area contributed by atoms with E-state index in [-0.39, 0.29) is 12.6 Å². The van der Waals surface area contributed by atoms with Crippen LogP contribution in [-0.4, -0.2) is 24.4 Å². The molecule has 0 amide bonds. The first-order valence-electron chi connectivity index (χ1n) is 7.72. The highest BCUT2D eigenvalue weighted by atomic mass is 16.5. The van der Waals surface area contributed by atoms with Crippen molar-refractivity contribution in [3.05, 3.63) is 65.2 Å². The smallest absolute Gasteiger partial charge is 0.119 e. The van der Waals surface area contributed by atoms with Crippen molar-refractivity contribution in [2.45, 2.75) is 32.9 Å². The van der Waals surface area contributed by atoms with Gasteiger partial charge in [-0.15, -0.1) is 0 Å². The van der Waals surface area contributed by atoms with Gasteiger partial charge in [-0.05, 0) is 49.6 Å². The van der Waals surface area contributed by atoms with Crippen molar-refractivity contribution in [2.24, 2.45) is 0 Å². The second-order valence-electron chi connectivity index (χ2n) is 5.77. The van der Waals surface area contributed by atoms with Gasteiger partial charge in [-0.1, -0.05) is 36.4 Å². The third kappa shape index (κ3) is 4.86. The summed E-state index contributed by atoms with van der Waals surface area (Å²) in [5, 5.41) is 13.4. The van der Waals surface area contributed by atoms with E-state index >= 15 is 0 Å². The number of hydrogen-bond donors (Lipinski definition) is 2. The van der Waals surface area contributed by atoms with E-state index in [4.69, 9.17) is 4.74 Å². The Morgan fingerprint density at radius 2 is 1.86 bits per heavy atom. The molecule has 0 saturated heterocycles. The molecule has 0 aliphatic heterocycles. The number of aryl methyl sites for hydroxylation is 2. The minimum atomic E-state index is -0.535. The summed E-state index contributed by atoms with van der Waals surface area (Å²) in [5.74, 6) is 0.797. The molecule has 0 bridgehead atoms. The van der Waals surface area contributed by atoms with Crippen molar-refractivity contribution in [1.82, 2.24) is 5.32 Å². The van der Waals surface area contributed by atoms with E-state index in [0.717, 1.165) is 11.3 Å². The lowest BCUT2D eigenvalue weighted by molar-refractivity contribution is 0.104. The van der Waals surface area contributed by atoms with Crippen molar-refractivity contribution in [2.75, 3.05) is 13.2 Å². The van der Waals surface area contributed by atoms with Gasteiger partial charge in [-0.25, -0.2) is 0 Å². The molecule has 0 saturated carbocycles. The highest BCUT2D eigenvalue weighted by Crippen LogP contribution is 2.16. The van der Waals surface area contributed by atoms with E-state index < -0.39 is 6.10 Å². The van der Waals surface area contributed by atoms with Gasteiger partial charge in [0.15, 0.2) is 0 Å². The second-order valence-corrected chi connectivity index (χ2v) is 5.77. The van der Waals surface area contributed by atoms with Crippen LogP contribution in [0.2, 0.25) is 0 Å². The number of aliphatic hydroxyl groups excluding tert-OH is 1. The van der Waals surface area contributed by atoms with Gasteiger partial charge in [-0.2, -0.15) is 0 Å². The topological polar surface area (TPSA) is 41.5 Å². The summed E-state index contributed by atoms with van der Waals surface area (Å²) in [6.07, 6.45) is -0.535. The molecule has 0 unspecified atom stereocenters. The van der Waals surface area contributed by atoms with Crippen molar-refractivity contribution < 1.29 is 9.84 Å². The zero-order valence-corrected chi connectivity index (χ0v) is 13.5. The summed E-state index contributed by atoms with van der Waals surface area (Å²) >= 11 is 0. The van der Waals surface area contributed by atoms with Crippen molar-refractivity contribution in [1.29, 1.82) is 0 Å². The summed E-state index contributed by atoms with van der Waals surface area (Å²) in [6.45, 7) is 7.02. The predicted octanol–water partition coefficient (Wildman–Crippen LogP) is 3.39. The highest BCUT2D eigenvalue weighted by molar-refractivity contribution is 5.28. The zero-order valence-electron chi connectivity index (χ0n) is 13.5. The Bertz CT molecular complexity index is 597. The van der Waals surface area contributed by atoms with Crippen molar-refractivity contribution in [3.63, 3.8) is 0 Å². The van der Waals surface area contributed by atoms with E-state index in [9.17, 15) is 5.11 Å². The third-order valence-corrected chi connectivity index (χ3v) is 3.75. The number of ether oxygens (including phenoxy) is 1. The molecule has 2 aromatic rings. The van der Waals surface area contributed by atoms with Crippen molar-refractivity contribution >= 4 is 0 Å². The van der Waals surface area contributed by atoms with Crippen LogP contribution in [0.25, 0.3) is 0 Å². The monoisotopic (exact) mass is 299 g/mol. The average Bonchev–Trinajstić information content (AvgIpc) is 2.51. The highest BCUT2D eigenvalue weighted by Gasteiger charge is 2.11. The first-order chi connectivity index (χ1) is 10.6. The van der Waals surface area contributed by atoms with Gasteiger partial charge in [-0.3, -0.25) is 0 Å². The number of benzene rings is 2. The van der Waals surface area contributed by atoms with Crippen LogP contribution in [0.1, 0.15) is 29.7 Å². The molecule has 0 fully saturated rings. The van der Waals surface area contributed by atoms with Gasteiger partial charge in [0.1, 0.15) is 18.5 Å². The molecule has 22 heavy (non-hydrogen) atoms. The third-order valence-electron chi connectivity index (χ3n) is 3.75. The fraction of sp³-hybridized carbons (Fsp3) is 0.368. The predicted molar refractivity (Wildman–Crippen MR) is 90.3 cm³/mol. The first-order valence-corrected chi connectivity index (χ1v) is 7.72. The summed E-state index contributed by atoms with van der Waals surface area (Å²) in [5.41, 5.74) is 3.67. The Labute approximate surface area is 133 Å². The summed E-state index contributed by atoms with van der Waals surface area (Å²) < 4.78 is 5.62. The number of rotatable bonds is 7. The molecule has 2 atom stereocenters. The van der Waals surface area contributed by atoms with E-state index in [1.165, 1.54) is 11.1 Å². The molecule has 0 aliphatic rings. The molecule has 118 valence electrons. The summed E-state index contributed by atoms with van der Waals surface area (Å²) in [6, 6.07) is 16.3. The molecule has 0 radical (unpaired) electrons. The maximum absolute atomic E-state index is 10.1. The Balaban J connectivity index is 1.78. The SMILES string of the molecule is Cc1cccc(OC[C@H](O)CN[C@H](C)c2ccccc2C)c1. The molecule has 0 aliphatic carbocycles. The van der Waals surface area contributed by atoms with Crippen LogP contribution in [0.3, 0.4) is 0 Å². The van der Waals surface area contributed by atoms with Crippen LogP contribution in [-0.2, 0) is 0 Å². The van der Waals surface area contributed by atoms with E-state index in [2.05, 4.69) is 31.3 Å². The molecule has 3 heteroatoms. The van der Waals surface area contributed by atoms with Crippen molar-refractivity contribution in [3.8, 4) is 5.75 Å². The molecule has 0 heterocycles. The molecule has 2 rings (SSSR count). The molecular weight excluding hydrogens is 274 g/mol. The lowest BCUT2D eigenvalue weighted by Gasteiger charge is -2.19. The fourth-order valence-electron chi connectivity index (χ4n) is 2.45. The van der Waals surface area contributed by atoms with Crippen LogP contribution in [0.4, 0.5) is 0 Å². The van der Waals surface area contributed by atoms with Gasteiger partial charge in [0, 0.05) is 12.6 Å². The molecule has 0 aromatic heterocycles. The van der Waals surface area contributed by atoms with Crippen LogP contribution in [0.15, 0.2) is 48.5 Å². The zero-order chi connectivity index (χ0) is 15.9. The minimum absolute atomic E-state index is 0.204. The van der Waals surface area contributed by atoms with E-state index in [1.54, 1.807) is 0 Å². The van der Waals surface area contributed by atoms with Crippen LogP contribution in [0.5, 0.6) is 5.75 Å². The van der Waals surface area contributed by atoms with Crippen LogP contribution in [0, 0.1) is 13.8 Å². The lowest BCUT2D eigenvalue weighted by Crippen LogP contribution is -2.33. The molecular formula is C19H25NO2. The summed E-state index contributed by atoms with van der Waals surface area (Å²) in [4.78, 5) is 0. The Kier molecular flexibility index (Phi) is 5.99. The quantitative estimate of drug-likeness (QED) is 0.823. The van der Waals surface area contributed by atoms with Crippen LogP contribution >= 0.6 is 0 Å². The van der Waals surface area contributed by atoms with Gasteiger partial charge in [0.25, 0.3) is 0 Å². The fourth-order valence-corrected chi connectivity index (χ4v) is 2.45. The van der Waals surface area contributed by atoms with Gasteiger partial charge in [0.2, 0.25) is 0 Å². The largest absolute Gasteiger partial charge is 0.491 e. The Hall–Kier alpha value is -1.84. The normalized spacial score (nSPS) is 13.6. The number of nitrogens with one attached hydrogen (secondary N) is 1. The maximum atomic E-state index is 10.1. The van der Waals surface area contributed by atoms with Gasteiger partial charge < -0.3 is 15.2 Å². The lowest BCUT2D eigenvalue weighted by atomic mass is 10.0.